The Hall–Kier alpha value is -5.02. The third kappa shape index (κ3) is 3.87. The van der Waals surface area contributed by atoms with Crippen molar-refractivity contribution in [3.05, 3.63) is 133 Å². The van der Waals surface area contributed by atoms with Crippen LogP contribution in [0.3, 0.4) is 0 Å². The van der Waals surface area contributed by atoms with Crippen LogP contribution in [0.5, 0.6) is 0 Å². The van der Waals surface area contributed by atoms with Gasteiger partial charge < -0.3 is 9.13 Å². The first-order chi connectivity index (χ1) is 24.8. The van der Waals surface area contributed by atoms with Crippen molar-refractivity contribution in [2.45, 2.75) is 90.0 Å². The second-order valence-corrected chi connectivity index (χ2v) is 16.1. The Balaban J connectivity index is 1.67. The summed E-state index contributed by atoms with van der Waals surface area (Å²) in [7, 11) is 0. The third-order valence-corrected chi connectivity index (χ3v) is 14.2. The van der Waals surface area contributed by atoms with E-state index in [2.05, 4.69) is 160 Å². The van der Waals surface area contributed by atoms with Crippen molar-refractivity contribution in [3.8, 4) is 11.4 Å². The van der Waals surface area contributed by atoms with Crippen LogP contribution in [0.4, 0.5) is 0 Å². The van der Waals surface area contributed by atoms with E-state index >= 15 is 0 Å². The van der Waals surface area contributed by atoms with Gasteiger partial charge in [0.25, 0.3) is 0 Å². The third-order valence-electron chi connectivity index (χ3n) is 14.2. The van der Waals surface area contributed by atoms with Crippen LogP contribution >= 0.6 is 0 Å². The molecule has 0 fully saturated rings. The number of para-hydroxylation sites is 3. The lowest BCUT2D eigenvalue weighted by Gasteiger charge is -2.27. The van der Waals surface area contributed by atoms with Crippen molar-refractivity contribution < 1.29 is 0 Å². The molecule has 0 N–H and O–H groups in total. The molecule has 0 aliphatic carbocycles. The summed E-state index contributed by atoms with van der Waals surface area (Å²) < 4.78 is 5.36. The molecule has 2 nitrogen and oxygen atoms in total. The largest absolute Gasteiger partial charge is 0.307 e. The monoisotopic (exact) mass is 676 g/mol. The number of aryl methyl sites for hydroxylation is 4. The van der Waals surface area contributed by atoms with Crippen molar-refractivity contribution in [2.75, 3.05) is 0 Å². The summed E-state index contributed by atoms with van der Waals surface area (Å²) in [6.45, 7) is 30.3. The van der Waals surface area contributed by atoms with Gasteiger partial charge in [-0.3, -0.25) is 0 Å². The van der Waals surface area contributed by atoms with Gasteiger partial charge in [-0.25, -0.2) is 0 Å². The van der Waals surface area contributed by atoms with Gasteiger partial charge in [0.15, 0.2) is 0 Å². The molecule has 0 saturated carbocycles. The quantitative estimate of drug-likeness (QED) is 0.153. The second-order valence-electron chi connectivity index (χ2n) is 16.1. The number of benzene rings is 6. The van der Waals surface area contributed by atoms with Crippen LogP contribution in [-0.2, 0) is 0 Å². The van der Waals surface area contributed by atoms with Crippen LogP contribution in [0.1, 0.15) is 72.3 Å². The van der Waals surface area contributed by atoms with Crippen LogP contribution in [0.15, 0.2) is 60.7 Å². The highest BCUT2D eigenvalue weighted by molar-refractivity contribution is 6.98. The molecule has 0 unspecified atom stereocenters. The van der Waals surface area contributed by atoms with Crippen molar-refractivity contribution in [2.24, 2.45) is 0 Å². The topological polar surface area (TPSA) is 9.86 Å². The molecule has 3 heterocycles. The predicted molar refractivity (Wildman–Crippen MR) is 228 cm³/mol. The van der Waals surface area contributed by atoms with Gasteiger partial charge in [-0.05, 0) is 174 Å². The molecule has 1 aliphatic heterocycles. The molecule has 3 heteroatoms. The van der Waals surface area contributed by atoms with Gasteiger partial charge >= 0.3 is 0 Å². The summed E-state index contributed by atoms with van der Waals surface area (Å²) in [6.07, 6.45) is 0. The average molecular weight is 677 g/mol. The molecule has 0 radical (unpaired) electrons. The first-order valence-electron chi connectivity index (χ1n) is 19.0. The maximum absolute atomic E-state index is 2.69. The molecular weight excluding hydrogens is 627 g/mol. The highest BCUT2D eigenvalue weighted by atomic mass is 15.1. The zero-order valence-electron chi connectivity index (χ0n) is 33.2. The fourth-order valence-corrected chi connectivity index (χ4v) is 10.3. The molecule has 0 spiro atoms. The lowest BCUT2D eigenvalue weighted by Crippen LogP contribution is -2.55. The summed E-state index contributed by atoms with van der Waals surface area (Å²) in [5, 5.41) is 5.42. The van der Waals surface area contributed by atoms with E-state index in [0.717, 1.165) is 0 Å². The Labute approximate surface area is 309 Å². The summed E-state index contributed by atoms with van der Waals surface area (Å²) in [5.74, 6) is 0. The van der Waals surface area contributed by atoms with Crippen molar-refractivity contribution in [1.82, 2.24) is 9.13 Å². The van der Waals surface area contributed by atoms with Gasteiger partial charge in [0, 0.05) is 32.7 Å². The molecule has 0 amide bonds. The van der Waals surface area contributed by atoms with Crippen LogP contribution < -0.4 is 16.4 Å². The van der Waals surface area contributed by atoms with E-state index < -0.39 is 0 Å². The minimum absolute atomic E-state index is 0.0125. The number of hydrogen-bond acceptors (Lipinski definition) is 0. The smallest absolute Gasteiger partial charge is 0.247 e. The molecule has 6 aromatic carbocycles. The minimum atomic E-state index is 0.0125. The van der Waals surface area contributed by atoms with E-state index in [1.165, 1.54) is 144 Å². The summed E-state index contributed by atoms with van der Waals surface area (Å²) in [4.78, 5) is 0. The Morgan fingerprint density at radius 2 is 0.731 bits per heavy atom. The van der Waals surface area contributed by atoms with Crippen molar-refractivity contribution >= 4 is 66.7 Å². The summed E-state index contributed by atoms with van der Waals surface area (Å²) in [6, 6.07) is 23.6. The van der Waals surface area contributed by atoms with Crippen molar-refractivity contribution in [3.63, 3.8) is 0 Å². The van der Waals surface area contributed by atoms with Crippen LogP contribution in [0, 0.1) is 90.0 Å². The average Bonchev–Trinajstić information content (AvgIpc) is 3.69. The van der Waals surface area contributed by atoms with E-state index in [9.17, 15) is 0 Å². The Morgan fingerprint density at radius 1 is 0.327 bits per heavy atom. The first-order valence-corrected chi connectivity index (χ1v) is 19.0. The lowest BCUT2D eigenvalue weighted by molar-refractivity contribution is 1.12. The maximum Gasteiger partial charge on any atom is 0.247 e. The van der Waals surface area contributed by atoms with Gasteiger partial charge in [-0.15, -0.1) is 0 Å². The zero-order valence-corrected chi connectivity index (χ0v) is 33.2. The number of rotatable bonds is 1. The number of hydrogen-bond donors (Lipinski definition) is 0. The molecule has 8 aromatic rings. The van der Waals surface area contributed by atoms with Gasteiger partial charge in [0.05, 0.1) is 22.2 Å². The Morgan fingerprint density at radius 3 is 1.31 bits per heavy atom. The zero-order chi connectivity index (χ0) is 36.8. The molecule has 1 aliphatic rings. The molecule has 0 atom stereocenters. The molecule has 52 heavy (non-hydrogen) atoms. The highest BCUT2D eigenvalue weighted by Crippen LogP contribution is 2.45. The summed E-state index contributed by atoms with van der Waals surface area (Å²) in [5.41, 5.74) is 30.0. The molecule has 0 bridgehead atoms. The van der Waals surface area contributed by atoms with E-state index in [1.54, 1.807) is 0 Å². The van der Waals surface area contributed by atoms with Gasteiger partial charge in [-0.1, -0.05) is 65.1 Å². The maximum atomic E-state index is 2.69. The van der Waals surface area contributed by atoms with Crippen LogP contribution in [0.25, 0.3) is 55.0 Å². The predicted octanol–water partition coefficient (Wildman–Crippen LogP) is 10.7. The Kier molecular flexibility index (Phi) is 6.95. The molecular formula is C49H49BN2. The van der Waals surface area contributed by atoms with E-state index in [4.69, 9.17) is 0 Å². The van der Waals surface area contributed by atoms with Gasteiger partial charge in [0.1, 0.15) is 0 Å². The van der Waals surface area contributed by atoms with Gasteiger partial charge in [0.2, 0.25) is 6.71 Å². The molecule has 2 aromatic heterocycles. The highest BCUT2D eigenvalue weighted by Gasteiger charge is 2.36. The SMILES string of the molecule is Cc1c(C)c(C)c(B2c3ccccc3-n3c4c(cccc4c4c(C)c(C)c(C)c(C)c43)-n3c4c2cccc4c2c(C)c(C)c(C)c(C)c23)c(C)c1C. The Bertz CT molecular complexity index is 2900. The summed E-state index contributed by atoms with van der Waals surface area (Å²) >= 11 is 0. The molecule has 0 saturated heterocycles. The van der Waals surface area contributed by atoms with E-state index in [-0.39, 0.29) is 6.71 Å². The van der Waals surface area contributed by atoms with E-state index in [0.29, 0.717) is 0 Å². The standard InChI is InChI=1S/C49H49BN2/c1-24-27(4)33(10)45(34(11)28(24)5)50-39-20-14-15-22-41(39)51-46-35(12)29(6)26(3)32(9)44(46)38-19-17-23-42(49(38)51)52-47-36(13)30(7)25(2)31(8)43(47)37-18-16-21-40(50)48(37)52/h14-23H,1-13H3. The second kappa shape index (κ2) is 11.0. The fourth-order valence-electron chi connectivity index (χ4n) is 10.3. The van der Waals surface area contributed by atoms with Crippen LogP contribution in [-0.4, -0.2) is 15.8 Å². The van der Waals surface area contributed by atoms with Crippen LogP contribution in [0.2, 0.25) is 0 Å². The minimum Gasteiger partial charge on any atom is -0.307 e. The van der Waals surface area contributed by atoms with Gasteiger partial charge in [-0.2, -0.15) is 0 Å². The molecule has 258 valence electrons. The number of fused-ring (bicyclic) bond motifs is 9. The molecule has 9 rings (SSSR count). The lowest BCUT2D eigenvalue weighted by atomic mass is 9.34. The van der Waals surface area contributed by atoms with Crippen molar-refractivity contribution in [1.29, 1.82) is 0 Å². The fraction of sp³-hybridized carbons (Fsp3) is 0.265. The van der Waals surface area contributed by atoms with E-state index in [1.807, 2.05) is 0 Å². The number of nitrogens with zero attached hydrogens (tertiary/aromatic N) is 2. The normalized spacial score (nSPS) is 12.7. The first kappa shape index (κ1) is 32.9. The number of aromatic nitrogens is 2.